The average Bonchev–Trinajstić information content (AvgIpc) is 3.13. The van der Waals surface area contributed by atoms with Crippen molar-refractivity contribution in [1.29, 1.82) is 0 Å². The normalized spacial score (nSPS) is 42.1. The van der Waals surface area contributed by atoms with Gasteiger partial charge in [0.05, 0.1) is 26.4 Å². The molecule has 0 amide bonds. The third-order valence-corrected chi connectivity index (χ3v) is 12.1. The number of carbonyl (C=O) groups excluding carboxylic acids is 2. The van der Waals surface area contributed by atoms with Gasteiger partial charge in [-0.05, 0) is 73.5 Å². The smallest absolute Gasteiger partial charge is 0.306 e. The van der Waals surface area contributed by atoms with Crippen LogP contribution in [0.1, 0.15) is 85.5 Å². The Morgan fingerprint density at radius 1 is 0.769 bits per heavy atom. The third-order valence-electron chi connectivity index (χ3n) is 12.1. The molecule has 6 fully saturated rings. The summed E-state index contributed by atoms with van der Waals surface area (Å²) in [5.74, 6) is -0.483. The van der Waals surface area contributed by atoms with E-state index in [0.29, 0.717) is 43.7 Å². The number of nitrogens with zero attached hydrogens (tertiary/aromatic N) is 2. The molecule has 6 aliphatic rings. The van der Waals surface area contributed by atoms with Crippen molar-refractivity contribution in [2.45, 2.75) is 96.9 Å². The van der Waals surface area contributed by atoms with E-state index in [4.69, 9.17) is 18.9 Å². The molecule has 0 bridgehead atoms. The van der Waals surface area contributed by atoms with E-state index in [1.165, 1.54) is 52.4 Å². The maximum Gasteiger partial charge on any atom is 0.306 e. The number of esters is 2. The van der Waals surface area contributed by atoms with Crippen molar-refractivity contribution in [3.63, 3.8) is 0 Å². The molecular formula is C31H50N2O6. The number of hydrogen-bond donors (Lipinski definition) is 0. The van der Waals surface area contributed by atoms with Crippen molar-refractivity contribution in [1.82, 2.24) is 9.80 Å². The van der Waals surface area contributed by atoms with Gasteiger partial charge in [-0.1, -0.05) is 26.7 Å². The van der Waals surface area contributed by atoms with E-state index >= 15 is 0 Å². The molecule has 0 N–H and O–H groups in total. The monoisotopic (exact) mass is 546 g/mol. The van der Waals surface area contributed by atoms with E-state index in [1.807, 2.05) is 0 Å². The summed E-state index contributed by atoms with van der Waals surface area (Å²) in [6.07, 6.45) is 10.7. The molecule has 0 radical (unpaired) electrons. The predicted octanol–water partition coefficient (Wildman–Crippen LogP) is 4.21. The quantitative estimate of drug-likeness (QED) is 0.383. The van der Waals surface area contributed by atoms with Gasteiger partial charge in [0.25, 0.3) is 5.79 Å². The maximum absolute atomic E-state index is 13.2. The number of rotatable bonds is 4. The van der Waals surface area contributed by atoms with Crippen molar-refractivity contribution >= 4 is 11.9 Å². The van der Waals surface area contributed by atoms with Crippen LogP contribution in [-0.4, -0.2) is 85.8 Å². The van der Waals surface area contributed by atoms with Gasteiger partial charge in [0.15, 0.2) is 5.66 Å². The largest absolute Gasteiger partial charge is 0.419 e. The van der Waals surface area contributed by atoms with Crippen LogP contribution < -0.4 is 0 Å². The molecule has 39 heavy (non-hydrogen) atoms. The topological polar surface area (TPSA) is 77.5 Å². The van der Waals surface area contributed by atoms with Gasteiger partial charge in [0.2, 0.25) is 0 Å². The van der Waals surface area contributed by atoms with Gasteiger partial charge in [0.1, 0.15) is 0 Å². The summed E-state index contributed by atoms with van der Waals surface area (Å²) in [7, 11) is 0. The van der Waals surface area contributed by atoms with Crippen LogP contribution in [0.3, 0.4) is 0 Å². The molecule has 0 aromatic rings. The van der Waals surface area contributed by atoms with E-state index in [2.05, 4.69) is 23.6 Å². The van der Waals surface area contributed by atoms with E-state index in [0.717, 1.165) is 51.4 Å². The third kappa shape index (κ3) is 4.21. The van der Waals surface area contributed by atoms with Crippen molar-refractivity contribution in [3.05, 3.63) is 0 Å². The van der Waals surface area contributed by atoms with Crippen molar-refractivity contribution in [2.24, 2.45) is 34.5 Å². The van der Waals surface area contributed by atoms with Crippen molar-refractivity contribution in [2.75, 3.05) is 52.6 Å². The van der Waals surface area contributed by atoms with Crippen LogP contribution in [-0.2, 0) is 28.5 Å². The second-order valence-corrected chi connectivity index (χ2v) is 14.0. The molecule has 0 aromatic carbocycles. The van der Waals surface area contributed by atoms with E-state index < -0.39 is 11.4 Å². The predicted molar refractivity (Wildman–Crippen MR) is 146 cm³/mol. The minimum absolute atomic E-state index is 0.0538. The van der Waals surface area contributed by atoms with Crippen molar-refractivity contribution in [3.8, 4) is 0 Å². The Hall–Kier alpha value is -1.22. The summed E-state index contributed by atoms with van der Waals surface area (Å²) in [4.78, 5) is 31.3. The summed E-state index contributed by atoms with van der Waals surface area (Å²) < 4.78 is 24.9. The minimum Gasteiger partial charge on any atom is -0.419 e. The van der Waals surface area contributed by atoms with Crippen LogP contribution >= 0.6 is 0 Å². The standard InChI is InChI=1S/C31H50N2O6/c1-22(34)38-31(39-23(2)35)27-25-9-8-24-7-5-6-11-29(24,4)26(25)10-12-28(27,3)21-30(31,32-13-17-36-18-14-32)33-15-19-37-20-16-33/h24-27H,5-21H2,1-4H3/t24-,25-,26+,27+,28-,29+/m1/s1. The van der Waals surface area contributed by atoms with Crippen LogP contribution in [0, 0.1) is 34.5 Å². The first-order valence-electron chi connectivity index (χ1n) is 15.7. The average molecular weight is 547 g/mol. The summed E-state index contributed by atoms with van der Waals surface area (Å²) in [6, 6.07) is 0. The summed E-state index contributed by atoms with van der Waals surface area (Å²) >= 11 is 0. The lowest BCUT2D eigenvalue weighted by Crippen LogP contribution is -2.77. The summed E-state index contributed by atoms with van der Waals surface area (Å²) in [5, 5.41) is 0. The molecule has 4 aliphatic carbocycles. The summed E-state index contributed by atoms with van der Waals surface area (Å²) in [6.45, 7) is 13.3. The molecule has 0 aromatic heterocycles. The minimum atomic E-state index is -1.38. The highest BCUT2D eigenvalue weighted by atomic mass is 16.7. The molecular weight excluding hydrogens is 496 g/mol. The Labute approximate surface area is 234 Å². The Morgan fingerprint density at radius 2 is 1.36 bits per heavy atom. The molecule has 4 saturated carbocycles. The van der Waals surface area contributed by atoms with Crippen LogP contribution in [0.4, 0.5) is 0 Å². The molecule has 2 heterocycles. The van der Waals surface area contributed by atoms with E-state index in [1.54, 1.807) is 0 Å². The van der Waals surface area contributed by atoms with E-state index in [9.17, 15) is 9.59 Å². The highest BCUT2D eigenvalue weighted by Gasteiger charge is 2.80. The molecule has 6 atom stereocenters. The lowest BCUT2D eigenvalue weighted by molar-refractivity contribution is -0.332. The number of fused-ring (bicyclic) bond motifs is 5. The first kappa shape index (κ1) is 27.9. The van der Waals surface area contributed by atoms with Crippen LogP contribution in [0.2, 0.25) is 0 Å². The first-order valence-corrected chi connectivity index (χ1v) is 15.7. The zero-order valence-electron chi connectivity index (χ0n) is 24.7. The molecule has 6 rings (SSSR count). The molecule has 2 aliphatic heterocycles. The molecule has 0 unspecified atom stereocenters. The van der Waals surface area contributed by atoms with Gasteiger partial charge in [-0.15, -0.1) is 0 Å². The fraction of sp³-hybridized carbons (Fsp3) is 0.935. The second kappa shape index (κ2) is 10.2. The molecule has 2 saturated heterocycles. The van der Waals surface area contributed by atoms with Crippen LogP contribution in [0.5, 0.6) is 0 Å². The van der Waals surface area contributed by atoms with Gasteiger partial charge in [-0.3, -0.25) is 19.4 Å². The molecule has 8 nitrogen and oxygen atoms in total. The Kier molecular flexibility index (Phi) is 7.34. The van der Waals surface area contributed by atoms with Gasteiger partial charge in [-0.25, -0.2) is 0 Å². The van der Waals surface area contributed by atoms with Gasteiger partial charge >= 0.3 is 11.9 Å². The zero-order chi connectivity index (χ0) is 27.5. The zero-order valence-corrected chi connectivity index (χ0v) is 24.7. The number of carbonyl (C=O) groups is 2. The van der Waals surface area contributed by atoms with Crippen LogP contribution in [0.25, 0.3) is 0 Å². The lowest BCUT2D eigenvalue weighted by Gasteiger charge is -2.62. The number of hydrogen-bond acceptors (Lipinski definition) is 8. The summed E-state index contributed by atoms with van der Waals surface area (Å²) in [5.41, 5.74) is -0.569. The van der Waals surface area contributed by atoms with Crippen molar-refractivity contribution < 1.29 is 28.5 Å². The van der Waals surface area contributed by atoms with Gasteiger partial charge in [0, 0.05) is 45.9 Å². The SMILES string of the molecule is CC(=O)OC1(OC(C)=O)[C@H]2[C@@H]3CC[C@H]4CCCC[C@]4(C)[C@H]3CC[C@]2(C)CC1(N1CCOCC1)N1CCOCC1. The Bertz CT molecular complexity index is 911. The molecule has 0 spiro atoms. The number of ether oxygens (including phenoxy) is 4. The highest BCUT2D eigenvalue weighted by molar-refractivity contribution is 5.69. The molecule has 220 valence electrons. The van der Waals surface area contributed by atoms with Gasteiger partial charge in [-0.2, -0.15) is 0 Å². The van der Waals surface area contributed by atoms with E-state index in [-0.39, 0.29) is 23.3 Å². The second-order valence-electron chi connectivity index (χ2n) is 14.0. The fourth-order valence-corrected chi connectivity index (χ4v) is 10.9. The highest BCUT2D eigenvalue weighted by Crippen LogP contribution is 2.72. The maximum atomic E-state index is 13.2. The Balaban J connectivity index is 1.54. The molecule has 8 heteroatoms. The number of morpholine rings is 2. The first-order chi connectivity index (χ1) is 18.7. The Morgan fingerprint density at radius 3 is 1.92 bits per heavy atom. The van der Waals surface area contributed by atoms with Crippen LogP contribution in [0.15, 0.2) is 0 Å². The van der Waals surface area contributed by atoms with Gasteiger partial charge < -0.3 is 18.9 Å². The lowest BCUT2D eigenvalue weighted by atomic mass is 9.45. The fourth-order valence-electron chi connectivity index (χ4n) is 10.9.